The molecule has 0 atom stereocenters. The second kappa shape index (κ2) is 9.93. The molecule has 12 heteroatoms. The van der Waals surface area contributed by atoms with Crippen molar-refractivity contribution in [1.29, 1.82) is 0 Å². The molecular weight excluding hydrogens is 478 g/mol. The summed E-state index contributed by atoms with van der Waals surface area (Å²) in [6.45, 7) is 0.163. The summed E-state index contributed by atoms with van der Waals surface area (Å²) >= 11 is 0. The van der Waals surface area contributed by atoms with Crippen molar-refractivity contribution in [3.8, 4) is 11.5 Å². The van der Waals surface area contributed by atoms with E-state index in [1.165, 1.54) is 11.0 Å². The molecule has 2 aromatic carbocycles. The number of aryl methyl sites for hydroxylation is 1. The van der Waals surface area contributed by atoms with Crippen LogP contribution in [0.1, 0.15) is 21.6 Å². The van der Waals surface area contributed by atoms with Gasteiger partial charge in [-0.3, -0.25) is 19.1 Å². The van der Waals surface area contributed by atoms with Gasteiger partial charge >= 0.3 is 0 Å². The summed E-state index contributed by atoms with van der Waals surface area (Å²) in [6, 6.07) is 12.5. The maximum atomic E-state index is 13.0. The third kappa shape index (κ3) is 5.03. The minimum absolute atomic E-state index is 0.0268. The first-order chi connectivity index (χ1) is 17.9. The Kier molecular flexibility index (Phi) is 6.37. The molecule has 0 radical (unpaired) electrons. The van der Waals surface area contributed by atoms with E-state index in [2.05, 4.69) is 31.0 Å². The Balaban J connectivity index is 1.31. The number of carbonyl (C=O) groups is 3. The number of amides is 3. The fourth-order valence-corrected chi connectivity index (χ4v) is 4.01. The second-order valence-electron chi connectivity index (χ2n) is 8.32. The van der Waals surface area contributed by atoms with Crippen LogP contribution in [-0.2, 0) is 29.6 Å². The Morgan fingerprint density at radius 1 is 1.16 bits per heavy atom. The highest BCUT2D eigenvalue weighted by molar-refractivity contribution is 6.07. The Bertz CT molecular complexity index is 1530. The van der Waals surface area contributed by atoms with E-state index in [-0.39, 0.29) is 42.9 Å². The van der Waals surface area contributed by atoms with E-state index >= 15 is 0 Å². The highest BCUT2D eigenvalue weighted by Crippen LogP contribution is 2.28. The number of hydrogen-bond donors (Lipinski definition) is 3. The summed E-state index contributed by atoms with van der Waals surface area (Å²) in [6.07, 6.45) is 1.36. The lowest BCUT2D eigenvalue weighted by atomic mass is 10.1. The van der Waals surface area contributed by atoms with Crippen molar-refractivity contribution in [1.82, 2.24) is 25.1 Å². The van der Waals surface area contributed by atoms with Gasteiger partial charge in [0.1, 0.15) is 28.9 Å². The molecule has 5 rings (SSSR count). The van der Waals surface area contributed by atoms with Crippen molar-refractivity contribution in [2.45, 2.75) is 13.0 Å². The molecule has 12 nitrogen and oxygen atoms in total. The fourth-order valence-electron chi connectivity index (χ4n) is 4.01. The van der Waals surface area contributed by atoms with Crippen LogP contribution in [0.4, 0.5) is 11.5 Å². The Hall–Kier alpha value is -5.00. The fraction of sp³-hybridized carbons (Fsp3) is 0.200. The summed E-state index contributed by atoms with van der Waals surface area (Å²) in [5.41, 5.74) is 2.92. The third-order valence-corrected chi connectivity index (χ3v) is 5.72. The first-order valence-electron chi connectivity index (χ1n) is 11.4. The van der Waals surface area contributed by atoms with Gasteiger partial charge in [-0.15, -0.1) is 0 Å². The van der Waals surface area contributed by atoms with E-state index in [4.69, 9.17) is 9.47 Å². The molecule has 0 bridgehead atoms. The van der Waals surface area contributed by atoms with Gasteiger partial charge in [-0.05, 0) is 35.4 Å². The molecule has 37 heavy (non-hydrogen) atoms. The molecule has 188 valence electrons. The minimum atomic E-state index is -0.442. The number of fused-ring (bicyclic) bond motifs is 2. The van der Waals surface area contributed by atoms with Crippen LogP contribution in [0.2, 0.25) is 0 Å². The van der Waals surface area contributed by atoms with Gasteiger partial charge < -0.3 is 25.4 Å². The van der Waals surface area contributed by atoms with E-state index in [1.807, 2.05) is 12.1 Å². The molecule has 0 unspecified atom stereocenters. The number of nitrogens with zero attached hydrogens (tertiary/aromatic N) is 4. The van der Waals surface area contributed by atoms with Crippen molar-refractivity contribution < 1.29 is 23.9 Å². The highest BCUT2D eigenvalue weighted by atomic mass is 16.5. The maximum Gasteiger partial charge on any atom is 0.272 e. The molecule has 0 saturated heterocycles. The lowest BCUT2D eigenvalue weighted by Gasteiger charge is -2.18. The smallest absolute Gasteiger partial charge is 0.272 e. The molecule has 3 N–H and O–H groups in total. The summed E-state index contributed by atoms with van der Waals surface area (Å²) in [7, 11) is 3.21. The van der Waals surface area contributed by atoms with Gasteiger partial charge in [0, 0.05) is 13.6 Å². The maximum absolute atomic E-state index is 13.0. The lowest BCUT2D eigenvalue weighted by molar-refractivity contribution is -0.118. The number of aromatic nitrogens is 4. The highest BCUT2D eigenvalue weighted by Gasteiger charge is 2.21. The van der Waals surface area contributed by atoms with E-state index < -0.39 is 5.91 Å². The topological polar surface area (TPSA) is 149 Å². The van der Waals surface area contributed by atoms with Crippen LogP contribution in [0.25, 0.3) is 11.0 Å². The van der Waals surface area contributed by atoms with E-state index in [0.29, 0.717) is 28.2 Å². The molecule has 4 aromatic rings. The summed E-state index contributed by atoms with van der Waals surface area (Å²) in [5.74, 6) is 0.490. The van der Waals surface area contributed by atoms with Crippen molar-refractivity contribution in [2.24, 2.45) is 7.05 Å². The molecule has 1 aliphatic heterocycles. The van der Waals surface area contributed by atoms with Crippen LogP contribution < -0.4 is 25.4 Å². The van der Waals surface area contributed by atoms with Gasteiger partial charge in [0.25, 0.3) is 11.8 Å². The zero-order valence-corrected chi connectivity index (χ0v) is 20.1. The second-order valence-corrected chi connectivity index (χ2v) is 8.32. The quantitative estimate of drug-likeness (QED) is 0.347. The van der Waals surface area contributed by atoms with Gasteiger partial charge in [0.05, 0.1) is 19.2 Å². The first-order valence-corrected chi connectivity index (χ1v) is 11.4. The Morgan fingerprint density at radius 2 is 2.03 bits per heavy atom. The van der Waals surface area contributed by atoms with Crippen molar-refractivity contribution in [2.75, 3.05) is 24.4 Å². The Morgan fingerprint density at radius 3 is 2.86 bits per heavy atom. The van der Waals surface area contributed by atoms with E-state index in [9.17, 15) is 14.4 Å². The van der Waals surface area contributed by atoms with E-state index in [1.54, 1.807) is 44.5 Å². The molecule has 0 saturated carbocycles. The summed E-state index contributed by atoms with van der Waals surface area (Å²) in [4.78, 5) is 45.7. The number of hydrogen-bond acceptors (Lipinski definition) is 8. The monoisotopic (exact) mass is 501 g/mol. The molecule has 0 aliphatic carbocycles. The van der Waals surface area contributed by atoms with Crippen LogP contribution in [0.3, 0.4) is 0 Å². The number of ether oxygens (including phenoxy) is 2. The third-order valence-electron chi connectivity index (χ3n) is 5.72. The lowest BCUT2D eigenvalue weighted by Crippen LogP contribution is -2.26. The van der Waals surface area contributed by atoms with Gasteiger partial charge in [-0.1, -0.05) is 18.2 Å². The number of benzene rings is 2. The molecular formula is C25H23N7O5. The predicted molar refractivity (Wildman–Crippen MR) is 133 cm³/mol. The van der Waals surface area contributed by atoms with Gasteiger partial charge in [-0.25, -0.2) is 9.97 Å². The number of anilines is 2. The van der Waals surface area contributed by atoms with Crippen LogP contribution in [0.5, 0.6) is 11.5 Å². The molecule has 3 heterocycles. The number of carbonyl (C=O) groups excluding carboxylic acids is 3. The van der Waals surface area contributed by atoms with Crippen LogP contribution in [-0.4, -0.2) is 51.2 Å². The minimum Gasteiger partial charge on any atom is -0.497 e. The van der Waals surface area contributed by atoms with Crippen molar-refractivity contribution in [3.63, 3.8) is 0 Å². The van der Waals surface area contributed by atoms with Gasteiger partial charge in [-0.2, -0.15) is 5.10 Å². The summed E-state index contributed by atoms with van der Waals surface area (Å²) in [5, 5.41) is 12.7. The first kappa shape index (κ1) is 23.7. The number of rotatable bonds is 7. The van der Waals surface area contributed by atoms with Crippen molar-refractivity contribution >= 4 is 40.3 Å². The predicted octanol–water partition coefficient (Wildman–Crippen LogP) is 1.81. The Labute approximate surface area is 211 Å². The van der Waals surface area contributed by atoms with Crippen LogP contribution in [0, 0.1) is 0 Å². The largest absolute Gasteiger partial charge is 0.497 e. The summed E-state index contributed by atoms with van der Waals surface area (Å²) < 4.78 is 12.0. The molecule has 3 amide bonds. The standard InChI is InChI=1S/C25H23N7O5/c1-32-23-21(24(31-32)30-19(33)10-14-4-3-5-16(8-14)36-2)27-13-28-22(23)25(35)26-11-15-6-7-18-17(9-15)29-20(34)12-37-18/h3-9,13H,10-12H2,1-2H3,(H,26,35)(H,29,34)(H,30,31,33). The zero-order valence-electron chi connectivity index (χ0n) is 20.1. The average Bonchev–Trinajstić information content (AvgIpc) is 3.21. The molecule has 0 fully saturated rings. The van der Waals surface area contributed by atoms with Crippen LogP contribution >= 0.6 is 0 Å². The molecule has 2 aromatic heterocycles. The zero-order chi connectivity index (χ0) is 25.9. The van der Waals surface area contributed by atoms with Crippen molar-refractivity contribution in [3.05, 3.63) is 65.6 Å². The average molecular weight is 502 g/mol. The van der Waals surface area contributed by atoms with Gasteiger partial charge in [0.2, 0.25) is 5.91 Å². The molecule has 0 spiro atoms. The SMILES string of the molecule is COc1cccc(CC(=O)Nc2nn(C)c3c(C(=O)NCc4ccc5c(c4)NC(=O)CO5)ncnc23)c1. The van der Waals surface area contributed by atoms with Crippen LogP contribution in [0.15, 0.2) is 48.8 Å². The number of nitrogens with one attached hydrogen (secondary N) is 3. The van der Waals surface area contributed by atoms with Gasteiger partial charge in [0.15, 0.2) is 18.1 Å². The number of methoxy groups -OCH3 is 1. The van der Waals surface area contributed by atoms with E-state index in [0.717, 1.165) is 11.1 Å². The molecule has 1 aliphatic rings. The normalized spacial score (nSPS) is 12.3.